The van der Waals surface area contributed by atoms with Crippen molar-refractivity contribution in [3.05, 3.63) is 64.7 Å². The van der Waals surface area contributed by atoms with Crippen LogP contribution < -0.4 is 0 Å². The summed E-state index contributed by atoms with van der Waals surface area (Å²) in [6.07, 6.45) is 2.50. The van der Waals surface area contributed by atoms with E-state index in [1.165, 1.54) is 0 Å². The lowest BCUT2D eigenvalue weighted by molar-refractivity contribution is 0.0730. The van der Waals surface area contributed by atoms with Crippen molar-refractivity contribution < 1.29 is 9.21 Å². The summed E-state index contributed by atoms with van der Waals surface area (Å²) in [5.74, 6) is 0.702. The Morgan fingerprint density at radius 3 is 2.75 bits per heavy atom. The van der Waals surface area contributed by atoms with Crippen molar-refractivity contribution in [2.75, 3.05) is 6.54 Å². The highest BCUT2D eigenvalue weighted by atomic mass is 35.5. The fraction of sp³-hybridized carbons (Fsp3) is 0.222. The van der Waals surface area contributed by atoms with Gasteiger partial charge < -0.3 is 9.32 Å². The topological polar surface area (TPSA) is 62.1 Å². The van der Waals surface area contributed by atoms with E-state index >= 15 is 0 Å². The van der Waals surface area contributed by atoms with Crippen LogP contribution in [0.4, 0.5) is 0 Å². The van der Waals surface area contributed by atoms with Gasteiger partial charge in [0.25, 0.3) is 5.91 Å². The van der Waals surface area contributed by atoms with Crippen molar-refractivity contribution in [3.63, 3.8) is 0 Å². The molecule has 3 heterocycles. The van der Waals surface area contributed by atoms with Gasteiger partial charge >= 0.3 is 0 Å². The number of fused-ring (bicyclic) bond motifs is 1. The number of halogens is 1. The molecule has 0 spiro atoms. The molecule has 5 nitrogen and oxygen atoms in total. The molecule has 122 valence electrons. The van der Waals surface area contributed by atoms with Gasteiger partial charge in [-0.2, -0.15) is 5.10 Å². The first-order valence-corrected chi connectivity index (χ1v) is 8.27. The molecule has 0 fully saturated rings. The molecule has 6 heteroatoms. The van der Waals surface area contributed by atoms with E-state index in [0.29, 0.717) is 17.3 Å². The summed E-state index contributed by atoms with van der Waals surface area (Å²) in [7, 11) is 0. The second-order valence-electron chi connectivity index (χ2n) is 5.78. The first-order chi connectivity index (χ1) is 11.7. The Kier molecular flexibility index (Phi) is 3.65. The van der Waals surface area contributed by atoms with Crippen molar-refractivity contribution in [3.8, 4) is 11.3 Å². The van der Waals surface area contributed by atoms with E-state index in [9.17, 15) is 4.79 Å². The van der Waals surface area contributed by atoms with E-state index in [0.717, 1.165) is 29.0 Å². The van der Waals surface area contributed by atoms with Gasteiger partial charge in [0.1, 0.15) is 17.5 Å². The van der Waals surface area contributed by atoms with Crippen LogP contribution in [0, 0.1) is 0 Å². The van der Waals surface area contributed by atoms with E-state index in [1.54, 1.807) is 6.26 Å². The lowest BCUT2D eigenvalue weighted by atomic mass is 10.00. The highest BCUT2D eigenvalue weighted by Gasteiger charge is 2.43. The van der Waals surface area contributed by atoms with Crippen LogP contribution in [0.2, 0.25) is 5.02 Å². The third-order valence-corrected chi connectivity index (χ3v) is 4.51. The summed E-state index contributed by atoms with van der Waals surface area (Å²) in [6.45, 7) is 2.71. The third kappa shape index (κ3) is 2.24. The molecule has 24 heavy (non-hydrogen) atoms. The maximum Gasteiger partial charge on any atom is 0.273 e. The number of carbonyl (C=O) groups is 1. The lowest BCUT2D eigenvalue weighted by Crippen LogP contribution is -2.30. The smallest absolute Gasteiger partial charge is 0.273 e. The first kappa shape index (κ1) is 15.0. The number of aromatic amines is 1. The molecule has 4 rings (SSSR count). The van der Waals surface area contributed by atoms with E-state index < -0.39 is 0 Å². The summed E-state index contributed by atoms with van der Waals surface area (Å²) in [5.41, 5.74) is 3.08. The normalized spacial score (nSPS) is 16.7. The standard InChI is InChI=1S/C18H16ClN3O2/c1-2-9-22-17(13-4-3-10-24-13)14-15(20-21-16(14)18(22)23)11-5-7-12(19)8-6-11/h3-8,10,17H,2,9H2,1H3,(H,20,21). The molecule has 2 aromatic heterocycles. The van der Waals surface area contributed by atoms with E-state index in [2.05, 4.69) is 17.1 Å². The van der Waals surface area contributed by atoms with Crippen molar-refractivity contribution in [1.82, 2.24) is 15.1 Å². The number of furan rings is 1. The van der Waals surface area contributed by atoms with Crippen LogP contribution in [0.3, 0.4) is 0 Å². The lowest BCUT2D eigenvalue weighted by Gasteiger charge is -2.23. The number of amides is 1. The van der Waals surface area contributed by atoms with Crippen molar-refractivity contribution in [2.24, 2.45) is 0 Å². The van der Waals surface area contributed by atoms with Crippen LogP contribution in [0.1, 0.15) is 41.2 Å². The zero-order valence-corrected chi connectivity index (χ0v) is 13.9. The molecule has 0 aliphatic carbocycles. The molecular weight excluding hydrogens is 326 g/mol. The van der Waals surface area contributed by atoms with Gasteiger partial charge in [0, 0.05) is 22.7 Å². The predicted octanol–water partition coefficient (Wildman–Crippen LogP) is 4.28. The molecule has 1 N–H and O–H groups in total. The number of rotatable bonds is 4. The number of hydrogen-bond donors (Lipinski definition) is 1. The molecule has 0 saturated heterocycles. The van der Waals surface area contributed by atoms with Gasteiger partial charge in [-0.3, -0.25) is 9.89 Å². The number of nitrogens with zero attached hydrogens (tertiary/aromatic N) is 2. The van der Waals surface area contributed by atoms with Gasteiger partial charge in [-0.1, -0.05) is 30.7 Å². The van der Waals surface area contributed by atoms with Crippen molar-refractivity contribution in [1.29, 1.82) is 0 Å². The van der Waals surface area contributed by atoms with Gasteiger partial charge in [-0.05, 0) is 30.7 Å². The largest absolute Gasteiger partial charge is 0.467 e. The van der Waals surface area contributed by atoms with Gasteiger partial charge in [-0.25, -0.2) is 0 Å². The number of benzene rings is 1. The molecule has 0 radical (unpaired) electrons. The number of H-pyrrole nitrogens is 1. The fourth-order valence-corrected chi connectivity index (χ4v) is 3.36. The number of nitrogens with one attached hydrogen (secondary N) is 1. The zero-order chi connectivity index (χ0) is 16.7. The van der Waals surface area contributed by atoms with Crippen molar-refractivity contribution >= 4 is 17.5 Å². The Hall–Kier alpha value is -2.53. The zero-order valence-electron chi connectivity index (χ0n) is 13.1. The Morgan fingerprint density at radius 2 is 2.08 bits per heavy atom. The minimum absolute atomic E-state index is 0.0408. The number of hydrogen-bond acceptors (Lipinski definition) is 3. The predicted molar refractivity (Wildman–Crippen MR) is 90.9 cm³/mol. The first-order valence-electron chi connectivity index (χ1n) is 7.89. The summed E-state index contributed by atoms with van der Waals surface area (Å²) >= 11 is 5.98. The monoisotopic (exact) mass is 341 g/mol. The summed E-state index contributed by atoms with van der Waals surface area (Å²) in [5, 5.41) is 7.96. The van der Waals surface area contributed by atoms with Crippen LogP contribution in [0.25, 0.3) is 11.3 Å². The fourth-order valence-electron chi connectivity index (χ4n) is 3.24. The molecule has 1 amide bonds. The molecule has 3 aromatic rings. The minimum atomic E-state index is -0.258. The highest BCUT2D eigenvalue weighted by molar-refractivity contribution is 6.30. The van der Waals surface area contributed by atoms with Gasteiger partial charge in [0.15, 0.2) is 0 Å². The maximum absolute atomic E-state index is 12.8. The van der Waals surface area contributed by atoms with Gasteiger partial charge in [-0.15, -0.1) is 0 Å². The molecule has 1 aliphatic heterocycles. The van der Waals surface area contributed by atoms with Crippen LogP contribution in [-0.2, 0) is 0 Å². The van der Waals surface area contributed by atoms with Crippen LogP contribution in [-0.4, -0.2) is 27.5 Å². The van der Waals surface area contributed by atoms with E-state index in [4.69, 9.17) is 16.0 Å². The van der Waals surface area contributed by atoms with Crippen molar-refractivity contribution in [2.45, 2.75) is 19.4 Å². The number of aromatic nitrogens is 2. The summed E-state index contributed by atoms with van der Waals surface area (Å²) < 4.78 is 5.62. The second-order valence-corrected chi connectivity index (χ2v) is 6.22. The molecule has 1 aromatic carbocycles. The van der Waals surface area contributed by atoms with Gasteiger partial charge in [0.2, 0.25) is 0 Å². The van der Waals surface area contributed by atoms with E-state index in [1.807, 2.05) is 41.3 Å². The maximum atomic E-state index is 12.8. The molecule has 1 unspecified atom stereocenters. The number of carbonyl (C=O) groups excluding carboxylic acids is 1. The molecule has 1 aliphatic rings. The second kappa shape index (κ2) is 5.83. The SMILES string of the molecule is CCCN1C(=O)c2[nH]nc(-c3ccc(Cl)cc3)c2C1c1ccco1. The Bertz CT molecular complexity index is 868. The van der Waals surface area contributed by atoms with Crippen LogP contribution in [0.5, 0.6) is 0 Å². The Balaban J connectivity index is 1.87. The summed E-state index contributed by atoms with van der Waals surface area (Å²) in [4.78, 5) is 14.6. The third-order valence-electron chi connectivity index (χ3n) is 4.26. The molecular formula is C18H16ClN3O2. The highest BCUT2D eigenvalue weighted by Crippen LogP contribution is 2.42. The van der Waals surface area contributed by atoms with Gasteiger partial charge in [0.05, 0.1) is 12.0 Å². The Labute approximate surface area is 144 Å². The quantitative estimate of drug-likeness (QED) is 0.770. The molecule has 0 bridgehead atoms. The average molecular weight is 342 g/mol. The molecule has 0 saturated carbocycles. The average Bonchev–Trinajstić information content (AvgIpc) is 3.29. The van der Waals surface area contributed by atoms with Crippen LogP contribution >= 0.6 is 11.6 Å². The minimum Gasteiger partial charge on any atom is -0.467 e. The Morgan fingerprint density at radius 1 is 1.29 bits per heavy atom. The van der Waals surface area contributed by atoms with Crippen LogP contribution in [0.15, 0.2) is 47.1 Å². The summed E-state index contributed by atoms with van der Waals surface area (Å²) in [6, 6.07) is 10.9. The molecule has 1 atom stereocenters. The van der Waals surface area contributed by atoms with E-state index in [-0.39, 0.29) is 11.9 Å².